The van der Waals surface area contributed by atoms with E-state index in [1.54, 1.807) is 36.4 Å². The Bertz CT molecular complexity index is 973. The van der Waals surface area contributed by atoms with Crippen molar-refractivity contribution in [2.24, 2.45) is 0 Å². The van der Waals surface area contributed by atoms with Crippen molar-refractivity contribution in [2.75, 3.05) is 13.1 Å². The number of nitrogens with one attached hydrogen (secondary N) is 1. The normalized spacial score (nSPS) is 15.1. The van der Waals surface area contributed by atoms with Crippen LogP contribution in [0.15, 0.2) is 51.9 Å². The smallest absolute Gasteiger partial charge is 0.200 e. The van der Waals surface area contributed by atoms with Gasteiger partial charge in [0.25, 0.3) is 0 Å². The third kappa shape index (κ3) is 3.03. The Balaban J connectivity index is 1.83. The van der Waals surface area contributed by atoms with E-state index in [9.17, 15) is 9.90 Å². The second-order valence-corrected chi connectivity index (χ2v) is 7.00. The fourth-order valence-corrected chi connectivity index (χ4v) is 3.67. The van der Waals surface area contributed by atoms with Crippen LogP contribution in [0, 0.1) is 0 Å². The van der Waals surface area contributed by atoms with E-state index in [1.165, 1.54) is 24.0 Å². The number of aromatic hydroxyl groups is 1. The summed E-state index contributed by atoms with van der Waals surface area (Å²) in [5.74, 6) is 0.189. The summed E-state index contributed by atoms with van der Waals surface area (Å²) in [5, 5.41) is 11.4. The molecule has 0 unspecified atom stereocenters. The van der Waals surface area contributed by atoms with Crippen molar-refractivity contribution in [2.45, 2.75) is 19.4 Å². The van der Waals surface area contributed by atoms with Gasteiger partial charge in [-0.1, -0.05) is 23.7 Å². The summed E-state index contributed by atoms with van der Waals surface area (Å²) in [4.78, 5) is 14.3. The zero-order chi connectivity index (χ0) is 17.4. The number of quaternary nitrogens is 1. The van der Waals surface area contributed by atoms with E-state index in [0.29, 0.717) is 33.7 Å². The molecule has 1 aromatic heterocycles. The van der Waals surface area contributed by atoms with Gasteiger partial charge in [-0.05, 0) is 29.8 Å². The lowest BCUT2D eigenvalue weighted by Crippen LogP contribution is -3.08. The summed E-state index contributed by atoms with van der Waals surface area (Å²) in [5.41, 5.74) is 2.37. The van der Waals surface area contributed by atoms with Crippen LogP contribution in [-0.2, 0) is 6.54 Å². The van der Waals surface area contributed by atoms with Crippen LogP contribution in [0.4, 0.5) is 0 Å². The molecule has 3 aromatic rings. The Kier molecular flexibility index (Phi) is 4.24. The summed E-state index contributed by atoms with van der Waals surface area (Å²) in [6.07, 6.45) is 3.88. The molecule has 4 rings (SSSR count). The minimum Gasteiger partial charge on any atom is -0.507 e. The summed E-state index contributed by atoms with van der Waals surface area (Å²) in [7, 11) is 0. The van der Waals surface area contributed by atoms with E-state index in [4.69, 9.17) is 16.0 Å². The quantitative estimate of drug-likeness (QED) is 0.758. The number of hydrogen-bond donors (Lipinski definition) is 2. The highest BCUT2D eigenvalue weighted by Gasteiger charge is 2.21. The van der Waals surface area contributed by atoms with Crippen molar-refractivity contribution in [1.82, 2.24) is 0 Å². The van der Waals surface area contributed by atoms with Gasteiger partial charge >= 0.3 is 0 Å². The van der Waals surface area contributed by atoms with Crippen molar-refractivity contribution in [3.8, 4) is 16.9 Å². The third-order valence-electron chi connectivity index (χ3n) is 4.91. The zero-order valence-electron chi connectivity index (χ0n) is 13.7. The van der Waals surface area contributed by atoms with E-state index < -0.39 is 0 Å². The van der Waals surface area contributed by atoms with E-state index in [2.05, 4.69) is 0 Å². The van der Waals surface area contributed by atoms with Crippen LogP contribution in [0.1, 0.15) is 18.4 Å². The maximum Gasteiger partial charge on any atom is 0.200 e. The first-order valence-electron chi connectivity index (χ1n) is 8.49. The lowest BCUT2D eigenvalue weighted by Gasteiger charge is -2.14. The monoisotopic (exact) mass is 356 g/mol. The Labute approximate surface area is 150 Å². The fourth-order valence-electron chi connectivity index (χ4n) is 3.55. The fraction of sp³-hybridized carbons (Fsp3) is 0.250. The molecule has 5 heteroatoms. The van der Waals surface area contributed by atoms with Gasteiger partial charge in [0.1, 0.15) is 24.1 Å². The van der Waals surface area contributed by atoms with Crippen molar-refractivity contribution in [1.29, 1.82) is 0 Å². The van der Waals surface area contributed by atoms with Gasteiger partial charge in [-0.15, -0.1) is 0 Å². The van der Waals surface area contributed by atoms with Gasteiger partial charge in [-0.3, -0.25) is 4.79 Å². The van der Waals surface area contributed by atoms with E-state index >= 15 is 0 Å². The number of phenols is 1. The number of fused-ring (bicyclic) bond motifs is 1. The number of benzene rings is 2. The Morgan fingerprint density at radius 1 is 1.08 bits per heavy atom. The molecule has 4 nitrogen and oxygen atoms in total. The number of rotatable bonds is 3. The van der Waals surface area contributed by atoms with Crippen LogP contribution in [0.5, 0.6) is 5.75 Å². The summed E-state index contributed by atoms with van der Waals surface area (Å²) in [6.45, 7) is 2.85. The molecule has 0 atom stereocenters. The number of halogens is 1. The van der Waals surface area contributed by atoms with Gasteiger partial charge in [0, 0.05) is 17.9 Å². The van der Waals surface area contributed by atoms with Crippen LogP contribution in [0.2, 0.25) is 5.02 Å². The standard InChI is InChI=1S/C20H18ClNO3/c21-14-5-3-13(4-6-14)17-12-25-20-15(19(17)24)7-8-18(23)16(20)11-22-9-1-2-10-22/h3-8,12,23H,1-2,9-11H2/p+1. The molecule has 2 N–H and O–H groups in total. The predicted molar refractivity (Wildman–Crippen MR) is 98.2 cm³/mol. The van der Waals surface area contributed by atoms with Crippen molar-refractivity contribution in [3.05, 3.63) is 63.5 Å². The van der Waals surface area contributed by atoms with Crippen molar-refractivity contribution >= 4 is 22.6 Å². The largest absolute Gasteiger partial charge is 0.507 e. The molecule has 0 amide bonds. The van der Waals surface area contributed by atoms with E-state index in [0.717, 1.165) is 18.7 Å². The lowest BCUT2D eigenvalue weighted by molar-refractivity contribution is -0.901. The first-order chi connectivity index (χ1) is 12.1. The molecule has 2 heterocycles. The number of hydrogen-bond acceptors (Lipinski definition) is 3. The highest BCUT2D eigenvalue weighted by atomic mass is 35.5. The highest BCUT2D eigenvalue weighted by molar-refractivity contribution is 6.30. The minimum atomic E-state index is -0.0961. The number of phenolic OH excluding ortho intramolecular Hbond substituents is 1. The van der Waals surface area contributed by atoms with Gasteiger partial charge in [0.15, 0.2) is 0 Å². The Morgan fingerprint density at radius 3 is 2.52 bits per heavy atom. The molecule has 128 valence electrons. The highest BCUT2D eigenvalue weighted by Crippen LogP contribution is 2.28. The predicted octanol–water partition coefficient (Wildman–Crippen LogP) is 3.00. The summed E-state index contributed by atoms with van der Waals surface area (Å²) >= 11 is 5.92. The molecule has 1 fully saturated rings. The molecule has 2 aromatic carbocycles. The molecule has 0 aliphatic carbocycles. The van der Waals surface area contributed by atoms with Crippen LogP contribution >= 0.6 is 11.6 Å². The first-order valence-corrected chi connectivity index (χ1v) is 8.87. The van der Waals surface area contributed by atoms with Gasteiger partial charge in [-0.25, -0.2) is 0 Å². The lowest BCUT2D eigenvalue weighted by atomic mass is 10.0. The van der Waals surface area contributed by atoms with E-state index in [-0.39, 0.29) is 11.2 Å². The van der Waals surface area contributed by atoms with Crippen molar-refractivity contribution < 1.29 is 14.4 Å². The van der Waals surface area contributed by atoms with Gasteiger partial charge in [0.2, 0.25) is 5.43 Å². The minimum absolute atomic E-state index is 0.0961. The molecule has 25 heavy (non-hydrogen) atoms. The first kappa shape index (κ1) is 16.2. The third-order valence-corrected chi connectivity index (χ3v) is 5.16. The SMILES string of the molecule is O=c1c(-c2ccc(Cl)cc2)coc2c(C[NH+]3CCCC3)c(O)ccc12. The maximum atomic E-state index is 12.9. The second kappa shape index (κ2) is 6.54. The molecule has 1 aliphatic heterocycles. The van der Waals surface area contributed by atoms with Crippen LogP contribution < -0.4 is 10.3 Å². The molecule has 1 saturated heterocycles. The Morgan fingerprint density at radius 2 is 1.80 bits per heavy atom. The number of likely N-dealkylation sites (tertiary alicyclic amines) is 1. The summed E-state index contributed by atoms with van der Waals surface area (Å²) in [6, 6.07) is 10.3. The van der Waals surface area contributed by atoms with Crippen LogP contribution in [-0.4, -0.2) is 18.2 Å². The molecular formula is C20H19ClNO3+. The average molecular weight is 357 g/mol. The van der Waals surface area contributed by atoms with Crippen LogP contribution in [0.25, 0.3) is 22.1 Å². The topological polar surface area (TPSA) is 54.9 Å². The van der Waals surface area contributed by atoms with Gasteiger partial charge < -0.3 is 14.4 Å². The Hall–Kier alpha value is -2.30. The maximum absolute atomic E-state index is 12.9. The van der Waals surface area contributed by atoms with Crippen LogP contribution in [0.3, 0.4) is 0 Å². The molecule has 1 aliphatic rings. The molecule has 0 saturated carbocycles. The molecule has 0 radical (unpaired) electrons. The molecule has 0 spiro atoms. The molecule has 0 bridgehead atoms. The van der Waals surface area contributed by atoms with E-state index in [1.807, 2.05) is 0 Å². The zero-order valence-corrected chi connectivity index (χ0v) is 14.5. The van der Waals surface area contributed by atoms with Gasteiger partial charge in [0.05, 0.1) is 29.6 Å². The van der Waals surface area contributed by atoms with Crippen molar-refractivity contribution in [3.63, 3.8) is 0 Å². The second-order valence-electron chi connectivity index (χ2n) is 6.56. The van der Waals surface area contributed by atoms with Gasteiger partial charge in [-0.2, -0.15) is 0 Å². The summed E-state index contributed by atoms with van der Waals surface area (Å²) < 4.78 is 5.82. The average Bonchev–Trinajstić information content (AvgIpc) is 3.12. The molecular weight excluding hydrogens is 338 g/mol.